The summed E-state index contributed by atoms with van der Waals surface area (Å²) in [7, 11) is 0. The number of hydrogen-bond acceptors (Lipinski definition) is 4. The minimum Gasteiger partial charge on any atom is -0.508 e. The second-order valence-corrected chi connectivity index (χ2v) is 6.17. The number of fused-ring (bicyclic) bond motifs is 1. The number of allylic oxidation sites excluding steroid dienone is 2. The van der Waals surface area contributed by atoms with Gasteiger partial charge in [0.05, 0.1) is 18.1 Å². The van der Waals surface area contributed by atoms with Crippen molar-refractivity contribution >= 4 is 18.0 Å². The average molecular weight is 296 g/mol. The van der Waals surface area contributed by atoms with Gasteiger partial charge in [-0.25, -0.2) is 0 Å². The van der Waals surface area contributed by atoms with E-state index in [1.807, 2.05) is 0 Å². The molecule has 5 rings (SSSR count). The molecule has 1 saturated heterocycles. The molecule has 5 nitrogen and oxygen atoms in total. The third kappa shape index (κ3) is 1.89. The maximum absolute atomic E-state index is 12.5. The quantitative estimate of drug-likeness (QED) is 0.515. The molecule has 1 saturated carbocycles. The Morgan fingerprint density at radius 3 is 2.05 bits per heavy atom. The van der Waals surface area contributed by atoms with Crippen LogP contribution in [0.4, 0.5) is 0 Å². The van der Waals surface area contributed by atoms with Crippen LogP contribution in [-0.4, -0.2) is 28.1 Å². The zero-order valence-corrected chi connectivity index (χ0v) is 11.9. The number of imide groups is 1. The summed E-state index contributed by atoms with van der Waals surface area (Å²) in [5.41, 5.74) is 0.731. The lowest BCUT2D eigenvalue weighted by atomic mass is 9.63. The van der Waals surface area contributed by atoms with Gasteiger partial charge in [-0.05, 0) is 54.5 Å². The molecule has 3 aliphatic carbocycles. The number of carbonyl (C=O) groups is 2. The highest BCUT2D eigenvalue weighted by Crippen LogP contribution is 2.49. The first-order chi connectivity index (χ1) is 10.6. The van der Waals surface area contributed by atoms with Gasteiger partial charge in [0, 0.05) is 0 Å². The van der Waals surface area contributed by atoms with Gasteiger partial charge < -0.3 is 5.11 Å². The molecule has 0 radical (unpaired) electrons. The van der Waals surface area contributed by atoms with Gasteiger partial charge in [0.1, 0.15) is 5.75 Å². The van der Waals surface area contributed by atoms with E-state index in [-0.39, 0.29) is 41.2 Å². The maximum atomic E-state index is 12.5. The van der Waals surface area contributed by atoms with E-state index in [1.165, 1.54) is 6.21 Å². The largest absolute Gasteiger partial charge is 0.508 e. The topological polar surface area (TPSA) is 70.0 Å². The molecule has 22 heavy (non-hydrogen) atoms. The molecule has 2 amide bonds. The van der Waals surface area contributed by atoms with Crippen LogP contribution in [0.1, 0.15) is 18.4 Å². The number of rotatable bonds is 2. The van der Waals surface area contributed by atoms with E-state index in [9.17, 15) is 14.7 Å². The van der Waals surface area contributed by atoms with Crippen LogP contribution in [0.5, 0.6) is 5.75 Å². The molecule has 1 aliphatic heterocycles. The van der Waals surface area contributed by atoms with E-state index in [0.29, 0.717) is 0 Å². The summed E-state index contributed by atoms with van der Waals surface area (Å²) in [5, 5.41) is 14.4. The van der Waals surface area contributed by atoms with Crippen molar-refractivity contribution in [3.8, 4) is 5.75 Å². The number of phenols is 1. The fraction of sp³-hybridized carbons (Fsp3) is 0.353. The normalized spacial score (nSPS) is 33.0. The van der Waals surface area contributed by atoms with Crippen molar-refractivity contribution in [3.63, 3.8) is 0 Å². The third-order valence-corrected chi connectivity index (χ3v) is 4.95. The Morgan fingerprint density at radius 1 is 1.00 bits per heavy atom. The number of nitrogens with zero attached hydrogens (tertiary/aromatic N) is 2. The van der Waals surface area contributed by atoms with Gasteiger partial charge in [0.25, 0.3) is 11.8 Å². The summed E-state index contributed by atoms with van der Waals surface area (Å²) in [6.45, 7) is 0. The number of hydrazone groups is 1. The molecule has 2 fully saturated rings. The van der Waals surface area contributed by atoms with E-state index in [2.05, 4.69) is 17.3 Å². The lowest BCUT2D eigenvalue weighted by molar-refractivity contribution is -0.140. The van der Waals surface area contributed by atoms with Gasteiger partial charge in [-0.1, -0.05) is 12.2 Å². The molecule has 0 spiro atoms. The fourth-order valence-electron chi connectivity index (χ4n) is 3.86. The van der Waals surface area contributed by atoms with Gasteiger partial charge in [-0.2, -0.15) is 10.1 Å². The summed E-state index contributed by atoms with van der Waals surface area (Å²) in [6, 6.07) is 6.45. The van der Waals surface area contributed by atoms with Gasteiger partial charge in [-0.15, -0.1) is 0 Å². The van der Waals surface area contributed by atoms with Crippen LogP contribution in [0.2, 0.25) is 0 Å². The molecule has 4 aliphatic rings. The summed E-state index contributed by atoms with van der Waals surface area (Å²) in [6.07, 6.45) is 7.64. The number of phenolic OH excluding ortho intramolecular Hbond substituents is 1. The Morgan fingerprint density at radius 2 is 1.55 bits per heavy atom. The molecule has 5 heteroatoms. The van der Waals surface area contributed by atoms with Crippen molar-refractivity contribution in [1.82, 2.24) is 5.01 Å². The minimum atomic E-state index is -0.229. The highest BCUT2D eigenvalue weighted by molar-refractivity contribution is 6.06. The SMILES string of the molecule is O=C1[C@@H]2[C@H](C(=O)N1/N=C\c1ccc(O)cc1)[C@@H]1C=C[C@@H]2CC1. The Hall–Kier alpha value is -2.43. The highest BCUT2D eigenvalue weighted by Gasteiger charge is 2.56. The Labute approximate surface area is 127 Å². The van der Waals surface area contributed by atoms with E-state index < -0.39 is 0 Å². The first-order valence-electron chi connectivity index (χ1n) is 7.54. The van der Waals surface area contributed by atoms with Crippen LogP contribution < -0.4 is 0 Å². The molecule has 2 bridgehead atoms. The van der Waals surface area contributed by atoms with Crippen LogP contribution in [0.25, 0.3) is 0 Å². The molecule has 1 aromatic rings. The zero-order valence-electron chi connectivity index (χ0n) is 11.9. The fourth-order valence-corrected chi connectivity index (χ4v) is 3.86. The smallest absolute Gasteiger partial charge is 0.254 e. The van der Waals surface area contributed by atoms with E-state index >= 15 is 0 Å². The van der Waals surface area contributed by atoms with Gasteiger partial charge in [0.2, 0.25) is 0 Å². The molecule has 0 unspecified atom stereocenters. The molecule has 4 atom stereocenters. The van der Waals surface area contributed by atoms with Crippen LogP contribution in [0.3, 0.4) is 0 Å². The van der Waals surface area contributed by atoms with E-state index in [4.69, 9.17) is 0 Å². The first kappa shape index (κ1) is 13.2. The molecular formula is C17H16N2O3. The van der Waals surface area contributed by atoms with Crippen LogP contribution in [0.15, 0.2) is 41.5 Å². The van der Waals surface area contributed by atoms with Gasteiger partial charge >= 0.3 is 0 Å². The Bertz CT molecular complexity index is 660. The summed E-state index contributed by atoms with van der Waals surface area (Å²) in [5.74, 6) is -0.283. The maximum Gasteiger partial charge on any atom is 0.254 e. The standard InChI is InChI=1S/C17H16N2O3/c20-13-7-1-10(2-8-13)9-18-19-16(21)14-11-3-4-12(6-5-11)15(14)17(19)22/h1-4,7-9,11-12,14-15,20H,5-6H2/b18-9-/t11-,12-,14-,15+/m1/s1. The molecule has 1 N–H and O–H groups in total. The second kappa shape index (κ2) is 4.80. The van der Waals surface area contributed by atoms with E-state index in [0.717, 1.165) is 23.4 Å². The number of amides is 2. The Balaban J connectivity index is 1.60. The van der Waals surface area contributed by atoms with Crippen molar-refractivity contribution in [2.24, 2.45) is 28.8 Å². The predicted molar refractivity (Wildman–Crippen MR) is 79.9 cm³/mol. The minimum absolute atomic E-state index is 0.166. The first-order valence-corrected chi connectivity index (χ1v) is 7.54. The highest BCUT2D eigenvalue weighted by atomic mass is 16.3. The zero-order chi connectivity index (χ0) is 15.3. The summed E-state index contributed by atoms with van der Waals surface area (Å²) < 4.78 is 0. The lowest BCUT2D eigenvalue weighted by Crippen LogP contribution is -2.38. The van der Waals surface area contributed by atoms with Crippen molar-refractivity contribution in [1.29, 1.82) is 0 Å². The Kier molecular flexibility index (Phi) is 2.89. The summed E-state index contributed by atoms with van der Waals surface area (Å²) in [4.78, 5) is 25.1. The lowest BCUT2D eigenvalue weighted by Gasteiger charge is -2.37. The monoisotopic (exact) mass is 296 g/mol. The number of carbonyl (C=O) groups excluding carboxylic acids is 2. The number of aromatic hydroxyl groups is 1. The number of hydrogen-bond donors (Lipinski definition) is 1. The van der Waals surface area contributed by atoms with Crippen LogP contribution in [0, 0.1) is 23.7 Å². The average Bonchev–Trinajstić information content (AvgIpc) is 2.82. The molecule has 112 valence electrons. The van der Waals surface area contributed by atoms with E-state index in [1.54, 1.807) is 24.3 Å². The van der Waals surface area contributed by atoms with Crippen molar-refractivity contribution in [2.45, 2.75) is 12.8 Å². The number of benzene rings is 1. The molecule has 0 aromatic heterocycles. The third-order valence-electron chi connectivity index (χ3n) is 4.95. The van der Waals surface area contributed by atoms with Crippen LogP contribution >= 0.6 is 0 Å². The van der Waals surface area contributed by atoms with Gasteiger partial charge in [0.15, 0.2) is 0 Å². The van der Waals surface area contributed by atoms with Gasteiger partial charge in [-0.3, -0.25) is 9.59 Å². The molecule has 1 heterocycles. The van der Waals surface area contributed by atoms with Crippen molar-refractivity contribution in [2.75, 3.05) is 0 Å². The van der Waals surface area contributed by atoms with Crippen molar-refractivity contribution < 1.29 is 14.7 Å². The molecular weight excluding hydrogens is 280 g/mol. The second-order valence-electron chi connectivity index (χ2n) is 6.17. The van der Waals surface area contributed by atoms with Crippen molar-refractivity contribution in [3.05, 3.63) is 42.0 Å². The van der Waals surface area contributed by atoms with Crippen LogP contribution in [-0.2, 0) is 9.59 Å². The summed E-state index contributed by atoms with van der Waals surface area (Å²) >= 11 is 0. The predicted octanol–water partition coefficient (Wildman–Crippen LogP) is 1.92. The molecule has 1 aromatic carbocycles.